The first-order valence-electron chi connectivity index (χ1n) is 5.84. The molecule has 0 saturated carbocycles. The fourth-order valence-corrected chi connectivity index (χ4v) is 1.83. The van der Waals surface area contributed by atoms with E-state index in [0.717, 1.165) is 42.8 Å². The number of hydrogen-bond acceptors (Lipinski definition) is 3. The van der Waals surface area contributed by atoms with Gasteiger partial charge in [0.15, 0.2) is 11.5 Å². The number of para-hydroxylation sites is 2. The molecular formula is C13H18N2O. The maximum atomic E-state index is 5.65. The Kier molecular flexibility index (Phi) is 3.57. The standard InChI is InChI=1S/C13H18N2O/c1-10(8-9-14)6-7-13-15-11-4-2-3-5-12(11)16-13/h2-5,10H,6-9,14H2,1H3. The number of benzene rings is 1. The lowest BCUT2D eigenvalue weighted by atomic mass is 10.0. The molecule has 0 amide bonds. The number of oxazole rings is 1. The van der Waals surface area contributed by atoms with E-state index in [0.29, 0.717) is 5.92 Å². The fraction of sp³-hybridized carbons (Fsp3) is 0.462. The van der Waals surface area contributed by atoms with Gasteiger partial charge in [0.1, 0.15) is 5.52 Å². The lowest BCUT2D eigenvalue weighted by Crippen LogP contribution is -2.06. The third-order valence-electron chi connectivity index (χ3n) is 2.85. The molecule has 0 aliphatic carbocycles. The van der Waals surface area contributed by atoms with Crippen molar-refractivity contribution in [3.8, 4) is 0 Å². The SMILES string of the molecule is CC(CCN)CCc1nc2ccccc2o1. The predicted octanol–water partition coefficient (Wildman–Crippen LogP) is 2.75. The summed E-state index contributed by atoms with van der Waals surface area (Å²) in [5.41, 5.74) is 7.35. The average molecular weight is 218 g/mol. The van der Waals surface area contributed by atoms with Crippen molar-refractivity contribution in [2.45, 2.75) is 26.2 Å². The van der Waals surface area contributed by atoms with Crippen LogP contribution < -0.4 is 5.73 Å². The largest absolute Gasteiger partial charge is 0.441 e. The molecule has 1 unspecified atom stereocenters. The highest BCUT2D eigenvalue weighted by atomic mass is 16.3. The molecule has 1 aromatic carbocycles. The molecular weight excluding hydrogens is 200 g/mol. The molecule has 1 atom stereocenters. The Morgan fingerprint density at radius 2 is 2.12 bits per heavy atom. The second-order valence-corrected chi connectivity index (χ2v) is 4.30. The zero-order valence-electron chi connectivity index (χ0n) is 9.65. The molecule has 86 valence electrons. The number of fused-ring (bicyclic) bond motifs is 1. The van der Waals surface area contributed by atoms with Crippen LogP contribution in [0.1, 0.15) is 25.7 Å². The summed E-state index contributed by atoms with van der Waals surface area (Å²) in [4.78, 5) is 4.45. The topological polar surface area (TPSA) is 52.0 Å². The van der Waals surface area contributed by atoms with Crippen molar-refractivity contribution in [3.05, 3.63) is 30.2 Å². The van der Waals surface area contributed by atoms with E-state index in [1.54, 1.807) is 0 Å². The maximum Gasteiger partial charge on any atom is 0.195 e. The van der Waals surface area contributed by atoms with Gasteiger partial charge in [-0.15, -0.1) is 0 Å². The first-order chi connectivity index (χ1) is 7.79. The van der Waals surface area contributed by atoms with Gasteiger partial charge in [-0.05, 0) is 37.4 Å². The second-order valence-electron chi connectivity index (χ2n) is 4.30. The lowest BCUT2D eigenvalue weighted by Gasteiger charge is -2.06. The second kappa shape index (κ2) is 5.12. The summed E-state index contributed by atoms with van der Waals surface area (Å²) in [6.45, 7) is 2.98. The van der Waals surface area contributed by atoms with Crippen LogP contribution in [0.25, 0.3) is 11.1 Å². The Bertz CT molecular complexity index is 417. The van der Waals surface area contributed by atoms with Crippen molar-refractivity contribution in [2.75, 3.05) is 6.54 Å². The first kappa shape index (κ1) is 11.1. The molecule has 1 heterocycles. The Morgan fingerprint density at radius 1 is 1.31 bits per heavy atom. The van der Waals surface area contributed by atoms with Crippen LogP contribution in [0.3, 0.4) is 0 Å². The van der Waals surface area contributed by atoms with Crippen LogP contribution in [0.15, 0.2) is 28.7 Å². The summed E-state index contributed by atoms with van der Waals surface area (Å²) in [6.07, 6.45) is 3.06. The average Bonchev–Trinajstić information content (AvgIpc) is 2.69. The van der Waals surface area contributed by atoms with E-state index in [2.05, 4.69) is 11.9 Å². The molecule has 0 saturated heterocycles. The molecule has 3 nitrogen and oxygen atoms in total. The van der Waals surface area contributed by atoms with Gasteiger partial charge in [0.2, 0.25) is 0 Å². The third-order valence-corrected chi connectivity index (χ3v) is 2.85. The molecule has 0 fully saturated rings. The Labute approximate surface area is 95.7 Å². The smallest absolute Gasteiger partial charge is 0.195 e. The molecule has 3 heteroatoms. The summed E-state index contributed by atoms with van der Waals surface area (Å²) in [6, 6.07) is 7.88. The molecule has 1 aromatic heterocycles. The summed E-state index contributed by atoms with van der Waals surface area (Å²) in [7, 11) is 0. The van der Waals surface area contributed by atoms with E-state index in [1.807, 2.05) is 24.3 Å². The Morgan fingerprint density at radius 3 is 2.88 bits per heavy atom. The number of hydrogen-bond donors (Lipinski definition) is 1. The first-order valence-corrected chi connectivity index (χ1v) is 5.84. The van der Waals surface area contributed by atoms with Crippen LogP contribution in [0.4, 0.5) is 0 Å². The molecule has 0 bridgehead atoms. The molecule has 2 N–H and O–H groups in total. The normalized spacial score (nSPS) is 13.1. The lowest BCUT2D eigenvalue weighted by molar-refractivity contribution is 0.451. The highest BCUT2D eigenvalue weighted by Crippen LogP contribution is 2.17. The molecule has 0 aliphatic heterocycles. The Balaban J connectivity index is 1.99. The highest BCUT2D eigenvalue weighted by molar-refractivity contribution is 5.72. The van der Waals surface area contributed by atoms with Gasteiger partial charge in [0.05, 0.1) is 0 Å². The van der Waals surface area contributed by atoms with Crippen molar-refractivity contribution in [1.82, 2.24) is 4.98 Å². The van der Waals surface area contributed by atoms with Gasteiger partial charge in [-0.2, -0.15) is 0 Å². The minimum absolute atomic E-state index is 0.639. The quantitative estimate of drug-likeness (QED) is 0.839. The highest BCUT2D eigenvalue weighted by Gasteiger charge is 2.07. The van der Waals surface area contributed by atoms with Crippen LogP contribution in [0.5, 0.6) is 0 Å². The van der Waals surface area contributed by atoms with Crippen molar-refractivity contribution in [1.29, 1.82) is 0 Å². The minimum Gasteiger partial charge on any atom is -0.441 e. The van der Waals surface area contributed by atoms with Gasteiger partial charge in [0.25, 0.3) is 0 Å². The van der Waals surface area contributed by atoms with E-state index in [1.165, 1.54) is 0 Å². The molecule has 2 rings (SSSR count). The van der Waals surface area contributed by atoms with Crippen molar-refractivity contribution < 1.29 is 4.42 Å². The van der Waals surface area contributed by atoms with E-state index >= 15 is 0 Å². The molecule has 2 aromatic rings. The van der Waals surface area contributed by atoms with Crippen molar-refractivity contribution in [2.24, 2.45) is 11.7 Å². The number of nitrogens with zero attached hydrogens (tertiary/aromatic N) is 1. The summed E-state index contributed by atoms with van der Waals surface area (Å²) >= 11 is 0. The summed E-state index contributed by atoms with van der Waals surface area (Å²) in [5.74, 6) is 1.48. The minimum atomic E-state index is 0.639. The fourth-order valence-electron chi connectivity index (χ4n) is 1.83. The van der Waals surface area contributed by atoms with Crippen LogP contribution in [0.2, 0.25) is 0 Å². The van der Waals surface area contributed by atoms with E-state index in [9.17, 15) is 0 Å². The van der Waals surface area contributed by atoms with Gasteiger partial charge in [0, 0.05) is 6.42 Å². The summed E-state index contributed by atoms with van der Waals surface area (Å²) in [5, 5.41) is 0. The molecule has 0 aliphatic rings. The van der Waals surface area contributed by atoms with Crippen LogP contribution in [-0.2, 0) is 6.42 Å². The molecule has 0 spiro atoms. The number of rotatable bonds is 5. The summed E-state index contributed by atoms with van der Waals surface area (Å²) < 4.78 is 5.65. The van der Waals surface area contributed by atoms with Crippen LogP contribution >= 0.6 is 0 Å². The van der Waals surface area contributed by atoms with E-state index in [4.69, 9.17) is 10.2 Å². The monoisotopic (exact) mass is 218 g/mol. The van der Waals surface area contributed by atoms with Gasteiger partial charge in [-0.3, -0.25) is 0 Å². The molecule has 16 heavy (non-hydrogen) atoms. The van der Waals surface area contributed by atoms with Gasteiger partial charge in [-0.25, -0.2) is 4.98 Å². The van der Waals surface area contributed by atoms with Gasteiger partial charge >= 0.3 is 0 Å². The zero-order chi connectivity index (χ0) is 11.4. The predicted molar refractivity (Wildman–Crippen MR) is 65.2 cm³/mol. The Hall–Kier alpha value is -1.35. The molecule has 0 radical (unpaired) electrons. The van der Waals surface area contributed by atoms with Crippen LogP contribution in [0, 0.1) is 5.92 Å². The third kappa shape index (κ3) is 2.61. The van der Waals surface area contributed by atoms with E-state index < -0.39 is 0 Å². The number of nitrogens with two attached hydrogens (primary N) is 1. The van der Waals surface area contributed by atoms with Crippen LogP contribution in [-0.4, -0.2) is 11.5 Å². The number of aromatic nitrogens is 1. The van der Waals surface area contributed by atoms with Gasteiger partial charge < -0.3 is 10.2 Å². The van der Waals surface area contributed by atoms with E-state index in [-0.39, 0.29) is 0 Å². The van der Waals surface area contributed by atoms with Crippen molar-refractivity contribution in [3.63, 3.8) is 0 Å². The van der Waals surface area contributed by atoms with Gasteiger partial charge in [-0.1, -0.05) is 19.1 Å². The zero-order valence-corrected chi connectivity index (χ0v) is 9.65. The maximum absolute atomic E-state index is 5.65. The van der Waals surface area contributed by atoms with Crippen molar-refractivity contribution >= 4 is 11.1 Å². The number of aryl methyl sites for hydroxylation is 1.